The van der Waals surface area contributed by atoms with Gasteiger partial charge in [0.2, 0.25) is 0 Å². The second-order valence-corrected chi connectivity index (χ2v) is 7.97. The Morgan fingerprint density at radius 2 is 1.68 bits per heavy atom. The van der Waals surface area contributed by atoms with Crippen LogP contribution in [0.5, 0.6) is 11.5 Å². The molecule has 2 aromatic carbocycles. The fourth-order valence-electron chi connectivity index (χ4n) is 3.44. The second-order valence-electron chi connectivity index (χ2n) is 6.98. The molecule has 0 atom stereocenters. The fraction of sp³-hybridized carbons (Fsp3) is 0.227. The normalized spacial score (nSPS) is 15.3. The number of aryl methyl sites for hydroxylation is 2. The van der Waals surface area contributed by atoms with Gasteiger partial charge in [0, 0.05) is 14.1 Å². The van der Waals surface area contributed by atoms with Crippen molar-refractivity contribution in [2.75, 3.05) is 20.3 Å². The summed E-state index contributed by atoms with van der Waals surface area (Å²) < 4.78 is 14.0. The lowest BCUT2D eigenvalue weighted by atomic mass is 10.2. The number of amides is 2. The van der Waals surface area contributed by atoms with Crippen molar-refractivity contribution in [2.45, 2.75) is 0 Å². The molecule has 31 heavy (non-hydrogen) atoms. The maximum atomic E-state index is 12.8. The van der Waals surface area contributed by atoms with E-state index in [0.717, 1.165) is 28.4 Å². The molecule has 0 saturated carbocycles. The highest BCUT2D eigenvalue weighted by Gasteiger charge is 2.34. The number of imidazole rings is 1. The molecule has 3 aromatic rings. The smallest absolute Gasteiger partial charge is 0.328 e. The number of nitrogens with zero attached hydrogens (tertiary/aromatic N) is 3. The van der Waals surface area contributed by atoms with Gasteiger partial charge in [-0.1, -0.05) is 18.2 Å². The van der Waals surface area contributed by atoms with Gasteiger partial charge in [-0.3, -0.25) is 23.6 Å². The molecule has 0 radical (unpaired) electrons. The minimum atomic E-state index is -0.360. The van der Waals surface area contributed by atoms with Gasteiger partial charge in [-0.15, -0.1) is 0 Å². The summed E-state index contributed by atoms with van der Waals surface area (Å²) in [7, 11) is 4.96. The van der Waals surface area contributed by atoms with Crippen LogP contribution in [0.25, 0.3) is 17.1 Å². The van der Waals surface area contributed by atoms with E-state index in [1.165, 1.54) is 4.90 Å². The zero-order valence-corrected chi connectivity index (χ0v) is 18.1. The van der Waals surface area contributed by atoms with Crippen molar-refractivity contribution in [3.63, 3.8) is 0 Å². The van der Waals surface area contributed by atoms with Crippen molar-refractivity contribution in [3.05, 3.63) is 63.4 Å². The van der Waals surface area contributed by atoms with Gasteiger partial charge in [-0.25, -0.2) is 4.79 Å². The Bertz CT molecular complexity index is 1270. The molecule has 2 amide bonds. The molecular formula is C22H21N3O5S. The van der Waals surface area contributed by atoms with Gasteiger partial charge in [0.25, 0.3) is 11.1 Å². The molecule has 2 heterocycles. The van der Waals surface area contributed by atoms with Crippen LogP contribution in [0.2, 0.25) is 0 Å². The molecule has 1 aliphatic rings. The van der Waals surface area contributed by atoms with Crippen LogP contribution in [0.15, 0.2) is 52.2 Å². The zero-order chi connectivity index (χ0) is 22.1. The van der Waals surface area contributed by atoms with E-state index in [4.69, 9.17) is 9.47 Å². The summed E-state index contributed by atoms with van der Waals surface area (Å²) in [5.74, 6) is 0.775. The average Bonchev–Trinajstić information content (AvgIpc) is 3.16. The number of thioether (sulfide) groups is 1. The molecule has 1 aliphatic heterocycles. The third-order valence-corrected chi connectivity index (χ3v) is 6.02. The molecule has 0 N–H and O–H groups in total. The van der Waals surface area contributed by atoms with Crippen molar-refractivity contribution in [3.8, 4) is 11.5 Å². The molecular weight excluding hydrogens is 418 g/mol. The molecule has 9 heteroatoms. The highest BCUT2D eigenvalue weighted by Crippen LogP contribution is 2.33. The number of rotatable bonds is 6. The lowest BCUT2D eigenvalue weighted by molar-refractivity contribution is -0.123. The minimum absolute atomic E-state index is 0.123. The molecule has 0 unspecified atom stereocenters. The number of carbonyl (C=O) groups excluding carboxylic acids is 2. The van der Waals surface area contributed by atoms with Gasteiger partial charge < -0.3 is 9.47 Å². The van der Waals surface area contributed by atoms with Crippen LogP contribution < -0.4 is 15.2 Å². The Balaban J connectivity index is 1.49. The first-order valence-corrected chi connectivity index (χ1v) is 10.4. The van der Waals surface area contributed by atoms with Gasteiger partial charge in [0.15, 0.2) is 11.5 Å². The summed E-state index contributed by atoms with van der Waals surface area (Å²) in [4.78, 5) is 38.7. The zero-order valence-electron chi connectivity index (χ0n) is 17.3. The van der Waals surface area contributed by atoms with E-state index >= 15 is 0 Å². The van der Waals surface area contributed by atoms with Gasteiger partial charge in [-0.2, -0.15) is 0 Å². The van der Waals surface area contributed by atoms with Crippen molar-refractivity contribution in [2.24, 2.45) is 14.1 Å². The summed E-state index contributed by atoms with van der Waals surface area (Å²) in [5, 5.41) is -0.340. The Morgan fingerprint density at radius 1 is 0.968 bits per heavy atom. The average molecular weight is 439 g/mol. The predicted molar refractivity (Wildman–Crippen MR) is 119 cm³/mol. The number of para-hydroxylation sites is 2. The summed E-state index contributed by atoms with van der Waals surface area (Å²) in [6, 6.07) is 12.7. The lowest BCUT2D eigenvalue weighted by Crippen LogP contribution is -2.32. The topological polar surface area (TPSA) is 82.8 Å². The van der Waals surface area contributed by atoms with Crippen molar-refractivity contribution < 1.29 is 19.1 Å². The number of fused-ring (bicyclic) bond motifs is 1. The van der Waals surface area contributed by atoms with Gasteiger partial charge in [-0.05, 0) is 47.7 Å². The number of hydrogen-bond donors (Lipinski definition) is 0. The number of carbonyl (C=O) groups is 2. The van der Waals surface area contributed by atoms with Gasteiger partial charge >= 0.3 is 5.69 Å². The third kappa shape index (κ3) is 3.84. The van der Waals surface area contributed by atoms with Crippen LogP contribution in [0.3, 0.4) is 0 Å². The second kappa shape index (κ2) is 8.35. The Morgan fingerprint density at radius 3 is 2.42 bits per heavy atom. The van der Waals surface area contributed by atoms with Crippen molar-refractivity contribution in [1.82, 2.24) is 14.0 Å². The van der Waals surface area contributed by atoms with Crippen molar-refractivity contribution in [1.29, 1.82) is 0 Å². The van der Waals surface area contributed by atoms with E-state index in [-0.39, 0.29) is 30.0 Å². The maximum absolute atomic E-state index is 12.8. The third-order valence-electron chi connectivity index (χ3n) is 5.11. The van der Waals surface area contributed by atoms with Crippen LogP contribution in [0, 0.1) is 0 Å². The fourth-order valence-corrected chi connectivity index (χ4v) is 4.31. The molecule has 0 aliphatic carbocycles. The molecule has 0 bridgehead atoms. The van der Waals surface area contributed by atoms with Crippen LogP contribution in [-0.2, 0) is 18.9 Å². The quantitative estimate of drug-likeness (QED) is 0.549. The number of methoxy groups -OCH3 is 1. The Labute approximate surface area is 182 Å². The first kappa shape index (κ1) is 20.8. The summed E-state index contributed by atoms with van der Waals surface area (Å²) >= 11 is 0.893. The van der Waals surface area contributed by atoms with Crippen LogP contribution in [-0.4, -0.2) is 45.4 Å². The van der Waals surface area contributed by atoms with E-state index in [1.807, 2.05) is 30.3 Å². The van der Waals surface area contributed by atoms with Gasteiger partial charge in [0.05, 0.1) is 29.6 Å². The van der Waals surface area contributed by atoms with Crippen LogP contribution in [0.4, 0.5) is 4.79 Å². The highest BCUT2D eigenvalue weighted by molar-refractivity contribution is 8.18. The van der Waals surface area contributed by atoms with Crippen LogP contribution in [0.1, 0.15) is 5.56 Å². The van der Waals surface area contributed by atoms with E-state index in [9.17, 15) is 14.4 Å². The Kier molecular flexibility index (Phi) is 5.60. The van der Waals surface area contributed by atoms with E-state index in [2.05, 4.69) is 0 Å². The minimum Gasteiger partial charge on any atom is -0.493 e. The number of benzene rings is 2. The number of aromatic nitrogens is 2. The molecule has 0 spiro atoms. The number of imide groups is 1. The van der Waals surface area contributed by atoms with E-state index < -0.39 is 0 Å². The summed E-state index contributed by atoms with van der Waals surface area (Å²) in [6.45, 7) is 0.288. The monoisotopic (exact) mass is 439 g/mol. The first-order chi connectivity index (χ1) is 14.9. The largest absolute Gasteiger partial charge is 0.493 e. The molecule has 8 nitrogen and oxygen atoms in total. The molecule has 1 saturated heterocycles. The van der Waals surface area contributed by atoms with Gasteiger partial charge in [0.1, 0.15) is 6.61 Å². The summed E-state index contributed by atoms with van der Waals surface area (Å²) in [5.41, 5.74) is 2.17. The number of ether oxygens (including phenoxy) is 2. The molecule has 1 aromatic heterocycles. The molecule has 4 rings (SSSR count). The predicted octanol–water partition coefficient (Wildman–Crippen LogP) is 3.00. The van der Waals surface area contributed by atoms with E-state index in [0.29, 0.717) is 16.4 Å². The standard InChI is InChI=1S/C22H21N3O5S/c1-23-15-9-8-14(12-16(15)24(2)21(23)27)13-19-20(26)25(22(28)31-19)10-11-30-18-7-5-4-6-17(18)29-3/h4-9,12-13H,10-11H2,1-3H3/b19-13-. The van der Waals surface area contributed by atoms with Crippen LogP contribution >= 0.6 is 11.8 Å². The lowest BCUT2D eigenvalue weighted by Gasteiger charge is -2.14. The maximum Gasteiger partial charge on any atom is 0.328 e. The molecule has 160 valence electrons. The van der Waals surface area contributed by atoms with E-state index in [1.54, 1.807) is 48.5 Å². The van der Waals surface area contributed by atoms with Crippen molar-refractivity contribution >= 4 is 40.0 Å². The Hall–Kier alpha value is -3.46. The SMILES string of the molecule is COc1ccccc1OCCN1C(=O)S/C(=C\c2ccc3c(c2)n(C)c(=O)n3C)C1=O. The number of hydrogen-bond acceptors (Lipinski definition) is 6. The summed E-state index contributed by atoms with van der Waals surface area (Å²) in [6.07, 6.45) is 1.67. The first-order valence-electron chi connectivity index (χ1n) is 9.57. The molecule has 1 fully saturated rings. The highest BCUT2D eigenvalue weighted by atomic mass is 32.2.